The summed E-state index contributed by atoms with van der Waals surface area (Å²) in [6.45, 7) is 1.74. The lowest BCUT2D eigenvalue weighted by atomic mass is 10.1. The van der Waals surface area contributed by atoms with Crippen LogP contribution >= 0.6 is 0 Å². The van der Waals surface area contributed by atoms with Gasteiger partial charge in [0.15, 0.2) is 17.3 Å². The first-order valence-electron chi connectivity index (χ1n) is 8.96. The maximum atomic E-state index is 13.5. The van der Waals surface area contributed by atoms with Crippen LogP contribution < -0.4 is 5.32 Å². The standard InChI is InChI=1S/C21H19F2N3O/c1-13(14-10-11-17(22)18(23)12-14)24-21(27)20-16-8-5-9-19(16)26(25-20)15-6-3-2-4-7-15/h2-4,6-7,10-13H,5,8-9H2,1H3,(H,24,27)/t13-/m0/s1. The number of aromatic nitrogens is 2. The van der Waals surface area contributed by atoms with E-state index in [9.17, 15) is 13.6 Å². The summed E-state index contributed by atoms with van der Waals surface area (Å²) in [4.78, 5) is 12.8. The molecular formula is C21H19F2N3O. The van der Waals surface area contributed by atoms with Gasteiger partial charge in [0, 0.05) is 11.3 Å². The van der Waals surface area contributed by atoms with Gasteiger partial charge in [-0.05, 0) is 56.0 Å². The molecule has 1 heterocycles. The molecule has 1 aromatic heterocycles. The highest BCUT2D eigenvalue weighted by Gasteiger charge is 2.27. The monoisotopic (exact) mass is 367 g/mol. The molecule has 1 aliphatic carbocycles. The first-order chi connectivity index (χ1) is 13.0. The van der Waals surface area contributed by atoms with Gasteiger partial charge in [-0.25, -0.2) is 13.5 Å². The number of fused-ring (bicyclic) bond motifs is 1. The van der Waals surface area contributed by atoms with E-state index in [0.29, 0.717) is 11.3 Å². The second-order valence-corrected chi connectivity index (χ2v) is 6.74. The Morgan fingerprint density at radius 1 is 1.11 bits per heavy atom. The highest BCUT2D eigenvalue weighted by molar-refractivity contribution is 5.94. The molecule has 0 fully saturated rings. The number of rotatable bonds is 4. The van der Waals surface area contributed by atoms with Crippen molar-refractivity contribution < 1.29 is 13.6 Å². The van der Waals surface area contributed by atoms with Crippen LogP contribution in [0, 0.1) is 11.6 Å². The van der Waals surface area contributed by atoms with Crippen LogP contribution in [0.25, 0.3) is 5.69 Å². The predicted octanol–water partition coefficient (Wildman–Crippen LogP) is 4.13. The fourth-order valence-corrected chi connectivity index (χ4v) is 3.53. The van der Waals surface area contributed by atoms with Crippen LogP contribution in [0.4, 0.5) is 8.78 Å². The van der Waals surface area contributed by atoms with Crippen molar-refractivity contribution in [2.45, 2.75) is 32.2 Å². The number of hydrogen-bond donors (Lipinski definition) is 1. The summed E-state index contributed by atoms with van der Waals surface area (Å²) >= 11 is 0. The van der Waals surface area contributed by atoms with Crippen molar-refractivity contribution in [1.29, 1.82) is 0 Å². The van der Waals surface area contributed by atoms with Crippen molar-refractivity contribution in [2.24, 2.45) is 0 Å². The Balaban J connectivity index is 1.62. The molecule has 6 heteroatoms. The van der Waals surface area contributed by atoms with Crippen LogP contribution in [0.5, 0.6) is 0 Å². The van der Waals surface area contributed by atoms with Gasteiger partial charge in [-0.1, -0.05) is 24.3 Å². The van der Waals surface area contributed by atoms with Gasteiger partial charge >= 0.3 is 0 Å². The summed E-state index contributed by atoms with van der Waals surface area (Å²) < 4.78 is 28.4. The molecule has 0 saturated carbocycles. The molecule has 2 aromatic carbocycles. The zero-order valence-corrected chi connectivity index (χ0v) is 14.9. The average Bonchev–Trinajstić information content (AvgIpc) is 3.27. The quantitative estimate of drug-likeness (QED) is 0.754. The van der Waals surface area contributed by atoms with Crippen LogP contribution in [-0.2, 0) is 12.8 Å². The van der Waals surface area contributed by atoms with E-state index in [1.54, 1.807) is 6.92 Å². The lowest BCUT2D eigenvalue weighted by Gasteiger charge is -2.14. The van der Waals surface area contributed by atoms with Gasteiger partial charge < -0.3 is 5.32 Å². The normalized spacial score (nSPS) is 14.0. The summed E-state index contributed by atoms with van der Waals surface area (Å²) in [7, 11) is 0. The molecule has 0 spiro atoms. The third kappa shape index (κ3) is 3.23. The molecular weight excluding hydrogens is 348 g/mol. The van der Waals surface area contributed by atoms with E-state index < -0.39 is 17.7 Å². The van der Waals surface area contributed by atoms with Gasteiger partial charge in [0.05, 0.1) is 11.7 Å². The summed E-state index contributed by atoms with van der Waals surface area (Å²) in [5.74, 6) is -2.14. The molecule has 0 unspecified atom stereocenters. The molecule has 0 saturated heterocycles. The second kappa shape index (κ2) is 6.95. The van der Waals surface area contributed by atoms with Gasteiger partial charge in [0.2, 0.25) is 0 Å². The number of benzene rings is 2. The number of carbonyl (C=O) groups excluding carboxylic acids is 1. The van der Waals surface area contributed by atoms with E-state index in [2.05, 4.69) is 10.4 Å². The van der Waals surface area contributed by atoms with Gasteiger partial charge in [-0.15, -0.1) is 0 Å². The number of nitrogens with zero attached hydrogens (tertiary/aromatic N) is 2. The minimum absolute atomic E-state index is 0.305. The first kappa shape index (κ1) is 17.4. The van der Waals surface area contributed by atoms with Crippen molar-refractivity contribution in [3.8, 4) is 5.69 Å². The highest BCUT2D eigenvalue weighted by Crippen LogP contribution is 2.28. The zero-order chi connectivity index (χ0) is 19.0. The number of halogens is 2. The molecule has 1 amide bonds. The van der Waals surface area contributed by atoms with E-state index in [0.717, 1.165) is 48.3 Å². The number of amides is 1. The van der Waals surface area contributed by atoms with Gasteiger partial charge in [0.1, 0.15) is 0 Å². The molecule has 4 rings (SSSR count). The fourth-order valence-electron chi connectivity index (χ4n) is 3.53. The lowest BCUT2D eigenvalue weighted by molar-refractivity contribution is 0.0933. The zero-order valence-electron chi connectivity index (χ0n) is 14.9. The van der Waals surface area contributed by atoms with Gasteiger partial charge in [-0.2, -0.15) is 5.10 Å². The van der Waals surface area contributed by atoms with E-state index in [-0.39, 0.29) is 5.91 Å². The Kier molecular flexibility index (Phi) is 4.48. The number of para-hydroxylation sites is 1. The van der Waals surface area contributed by atoms with E-state index in [1.165, 1.54) is 6.07 Å². The SMILES string of the molecule is C[C@H](NC(=O)c1nn(-c2ccccc2)c2c1CCC2)c1ccc(F)c(F)c1. The van der Waals surface area contributed by atoms with Crippen molar-refractivity contribution in [3.05, 3.63) is 82.7 Å². The average molecular weight is 367 g/mol. The van der Waals surface area contributed by atoms with E-state index >= 15 is 0 Å². The minimum Gasteiger partial charge on any atom is -0.344 e. The van der Waals surface area contributed by atoms with Crippen molar-refractivity contribution in [3.63, 3.8) is 0 Å². The second-order valence-electron chi connectivity index (χ2n) is 6.74. The minimum atomic E-state index is -0.928. The van der Waals surface area contributed by atoms with Crippen LogP contribution in [0.15, 0.2) is 48.5 Å². The van der Waals surface area contributed by atoms with Crippen molar-refractivity contribution >= 4 is 5.91 Å². The van der Waals surface area contributed by atoms with E-state index in [4.69, 9.17) is 0 Å². The molecule has 27 heavy (non-hydrogen) atoms. The van der Waals surface area contributed by atoms with Gasteiger partial charge in [-0.3, -0.25) is 4.79 Å². The maximum Gasteiger partial charge on any atom is 0.272 e. The number of carbonyl (C=O) groups is 1. The molecule has 1 atom stereocenters. The molecule has 1 aliphatic rings. The third-order valence-corrected chi connectivity index (χ3v) is 4.94. The number of nitrogens with one attached hydrogen (secondary N) is 1. The summed E-state index contributed by atoms with van der Waals surface area (Å²) in [6.07, 6.45) is 2.67. The predicted molar refractivity (Wildman–Crippen MR) is 97.8 cm³/mol. The first-order valence-corrected chi connectivity index (χ1v) is 8.96. The Morgan fingerprint density at radius 3 is 2.63 bits per heavy atom. The fraction of sp³-hybridized carbons (Fsp3) is 0.238. The summed E-state index contributed by atoms with van der Waals surface area (Å²) in [5.41, 5.74) is 3.85. The molecule has 3 aromatic rings. The summed E-state index contributed by atoms with van der Waals surface area (Å²) in [6, 6.07) is 12.9. The Hall–Kier alpha value is -3.02. The number of hydrogen-bond acceptors (Lipinski definition) is 2. The molecule has 1 N–H and O–H groups in total. The summed E-state index contributed by atoms with van der Waals surface area (Å²) in [5, 5.41) is 7.40. The Bertz CT molecular complexity index is 998. The maximum absolute atomic E-state index is 13.5. The topological polar surface area (TPSA) is 46.9 Å². The van der Waals surface area contributed by atoms with Crippen molar-refractivity contribution in [2.75, 3.05) is 0 Å². The largest absolute Gasteiger partial charge is 0.344 e. The third-order valence-electron chi connectivity index (χ3n) is 4.94. The highest BCUT2D eigenvalue weighted by atomic mass is 19.2. The van der Waals surface area contributed by atoms with Crippen molar-refractivity contribution in [1.82, 2.24) is 15.1 Å². The van der Waals surface area contributed by atoms with Crippen LogP contribution in [0.3, 0.4) is 0 Å². The van der Waals surface area contributed by atoms with Crippen LogP contribution in [0.2, 0.25) is 0 Å². The molecule has 0 aliphatic heterocycles. The van der Waals surface area contributed by atoms with Crippen LogP contribution in [-0.4, -0.2) is 15.7 Å². The smallest absolute Gasteiger partial charge is 0.272 e. The lowest BCUT2D eigenvalue weighted by Crippen LogP contribution is -2.28. The van der Waals surface area contributed by atoms with Crippen LogP contribution in [0.1, 0.15) is 46.7 Å². The van der Waals surface area contributed by atoms with Gasteiger partial charge in [0.25, 0.3) is 5.91 Å². The van der Waals surface area contributed by atoms with E-state index in [1.807, 2.05) is 35.0 Å². The Morgan fingerprint density at radius 2 is 1.89 bits per heavy atom. The molecule has 0 radical (unpaired) electrons. The molecule has 4 nitrogen and oxygen atoms in total. The molecule has 0 bridgehead atoms. The Labute approximate surface area is 155 Å². The molecule has 138 valence electrons.